The highest BCUT2D eigenvalue weighted by Crippen LogP contribution is 2.11. The molecular weight excluding hydrogens is 302 g/mol. The van der Waals surface area contributed by atoms with E-state index in [4.69, 9.17) is 0 Å². The smallest absolute Gasteiger partial charge is 0.262 e. The average molecular weight is 321 g/mol. The van der Waals surface area contributed by atoms with Gasteiger partial charge in [-0.3, -0.25) is 25.2 Å². The van der Waals surface area contributed by atoms with Crippen LogP contribution in [0.15, 0.2) is 23.6 Å². The topological polar surface area (TPSA) is 78.5 Å². The van der Waals surface area contributed by atoms with Crippen molar-refractivity contribution in [3.8, 4) is 0 Å². The van der Waals surface area contributed by atoms with Crippen molar-refractivity contribution >= 4 is 35.1 Å². The molecule has 0 atom stereocenters. The zero-order valence-electron chi connectivity index (χ0n) is 12.2. The maximum Gasteiger partial charge on any atom is 0.262 e. The molecule has 0 spiro atoms. The summed E-state index contributed by atoms with van der Waals surface area (Å²) in [4.78, 5) is 37.6. The van der Waals surface area contributed by atoms with Gasteiger partial charge in [-0.2, -0.15) is 0 Å². The Morgan fingerprint density at radius 3 is 2.91 bits per heavy atom. The fourth-order valence-corrected chi connectivity index (χ4v) is 2.75. The number of hydrazine groups is 1. The number of likely N-dealkylation sites (tertiary alicyclic amines) is 1. The predicted octanol–water partition coefficient (Wildman–Crippen LogP) is 1.31. The van der Waals surface area contributed by atoms with E-state index in [2.05, 4.69) is 10.9 Å². The lowest BCUT2D eigenvalue weighted by atomic mass is 10.2. The summed E-state index contributed by atoms with van der Waals surface area (Å²) >= 11 is 1.52. The van der Waals surface area contributed by atoms with E-state index in [9.17, 15) is 14.4 Å². The van der Waals surface area contributed by atoms with Crippen molar-refractivity contribution in [3.05, 3.63) is 28.5 Å². The van der Waals surface area contributed by atoms with Gasteiger partial charge in [0.1, 0.15) is 6.54 Å². The molecule has 1 aliphatic rings. The lowest BCUT2D eigenvalue weighted by molar-refractivity contribution is -0.136. The minimum Gasteiger partial charge on any atom is -0.333 e. The quantitative estimate of drug-likeness (QED) is 0.648. The Morgan fingerprint density at radius 2 is 2.14 bits per heavy atom. The second kappa shape index (κ2) is 8.33. The summed E-state index contributed by atoms with van der Waals surface area (Å²) in [5.41, 5.74) is 4.63. The van der Waals surface area contributed by atoms with Crippen molar-refractivity contribution in [3.63, 3.8) is 0 Å². The average Bonchev–Trinajstić information content (AvgIpc) is 2.95. The van der Waals surface area contributed by atoms with Crippen molar-refractivity contribution in [2.24, 2.45) is 0 Å². The molecule has 2 heterocycles. The summed E-state index contributed by atoms with van der Waals surface area (Å²) in [6, 6.07) is 3.78. The molecule has 0 bridgehead atoms. The van der Waals surface area contributed by atoms with Gasteiger partial charge in [0.2, 0.25) is 5.91 Å². The largest absolute Gasteiger partial charge is 0.333 e. The number of amides is 3. The van der Waals surface area contributed by atoms with Crippen molar-refractivity contribution in [1.29, 1.82) is 0 Å². The van der Waals surface area contributed by atoms with Crippen LogP contribution in [0.4, 0.5) is 0 Å². The number of rotatable bonds is 4. The zero-order chi connectivity index (χ0) is 15.8. The Kier molecular flexibility index (Phi) is 6.14. The van der Waals surface area contributed by atoms with Crippen LogP contribution in [0.2, 0.25) is 0 Å². The summed E-state index contributed by atoms with van der Waals surface area (Å²) in [6.07, 6.45) is 6.31. The standard InChI is InChI=1S/C15H19N3O3S/c19-13(8-7-12-5-4-10-22-12)16-17-14(20)11-18-9-3-1-2-6-15(18)21/h4-5,7-8,10H,1-3,6,9,11H2,(H,16,19)(H,17,20)/b8-7+. The summed E-state index contributed by atoms with van der Waals surface area (Å²) in [5.74, 6) is -0.811. The third-order valence-electron chi connectivity index (χ3n) is 3.27. The normalized spacial score (nSPS) is 15.6. The summed E-state index contributed by atoms with van der Waals surface area (Å²) in [5, 5.41) is 1.91. The van der Waals surface area contributed by atoms with Crippen LogP contribution in [-0.2, 0) is 14.4 Å². The Bertz CT molecular complexity index is 554. The molecule has 22 heavy (non-hydrogen) atoms. The maximum absolute atomic E-state index is 11.8. The van der Waals surface area contributed by atoms with Gasteiger partial charge in [0.25, 0.3) is 11.8 Å². The van der Waals surface area contributed by atoms with Crippen LogP contribution in [0.25, 0.3) is 6.08 Å². The Morgan fingerprint density at radius 1 is 1.27 bits per heavy atom. The fraction of sp³-hybridized carbons (Fsp3) is 0.400. The van der Waals surface area contributed by atoms with Crippen LogP contribution in [0, 0.1) is 0 Å². The first-order valence-electron chi connectivity index (χ1n) is 7.23. The van der Waals surface area contributed by atoms with Crippen LogP contribution in [0.1, 0.15) is 30.6 Å². The Balaban J connectivity index is 1.72. The van der Waals surface area contributed by atoms with E-state index >= 15 is 0 Å². The Labute approximate surface area is 133 Å². The van der Waals surface area contributed by atoms with E-state index < -0.39 is 11.8 Å². The molecule has 0 saturated carbocycles. The second-order valence-corrected chi connectivity index (χ2v) is 5.99. The molecule has 6 nitrogen and oxygen atoms in total. The number of nitrogens with one attached hydrogen (secondary N) is 2. The van der Waals surface area contributed by atoms with Crippen LogP contribution < -0.4 is 10.9 Å². The lowest BCUT2D eigenvalue weighted by Crippen LogP contribution is -2.47. The van der Waals surface area contributed by atoms with Crippen molar-refractivity contribution < 1.29 is 14.4 Å². The van der Waals surface area contributed by atoms with E-state index in [0.29, 0.717) is 13.0 Å². The number of hydrogen-bond donors (Lipinski definition) is 2. The number of thiophene rings is 1. The van der Waals surface area contributed by atoms with Crippen LogP contribution in [-0.4, -0.2) is 35.7 Å². The molecule has 2 rings (SSSR count). The molecule has 1 fully saturated rings. The molecule has 7 heteroatoms. The third-order valence-corrected chi connectivity index (χ3v) is 4.11. The van der Waals surface area contributed by atoms with Crippen LogP contribution in [0.5, 0.6) is 0 Å². The van der Waals surface area contributed by atoms with E-state index in [-0.39, 0.29) is 12.5 Å². The van der Waals surface area contributed by atoms with Gasteiger partial charge in [-0.05, 0) is 30.4 Å². The van der Waals surface area contributed by atoms with Gasteiger partial charge in [-0.1, -0.05) is 12.5 Å². The van der Waals surface area contributed by atoms with Crippen molar-refractivity contribution in [2.45, 2.75) is 25.7 Å². The number of carbonyl (C=O) groups excluding carboxylic acids is 3. The van der Waals surface area contributed by atoms with Gasteiger partial charge < -0.3 is 4.90 Å². The molecule has 118 valence electrons. The van der Waals surface area contributed by atoms with Gasteiger partial charge in [0.15, 0.2) is 0 Å². The van der Waals surface area contributed by atoms with E-state index in [1.165, 1.54) is 22.3 Å². The molecule has 1 saturated heterocycles. The highest BCUT2D eigenvalue weighted by molar-refractivity contribution is 7.10. The van der Waals surface area contributed by atoms with Gasteiger partial charge in [-0.15, -0.1) is 11.3 Å². The molecule has 2 N–H and O–H groups in total. The van der Waals surface area contributed by atoms with Crippen molar-refractivity contribution in [1.82, 2.24) is 15.8 Å². The lowest BCUT2D eigenvalue weighted by Gasteiger charge is -2.19. The molecule has 0 unspecified atom stereocenters. The van der Waals surface area contributed by atoms with Gasteiger partial charge in [0, 0.05) is 23.9 Å². The number of carbonyl (C=O) groups is 3. The zero-order valence-corrected chi connectivity index (χ0v) is 13.0. The first-order valence-corrected chi connectivity index (χ1v) is 8.11. The SMILES string of the molecule is O=C(/C=C/c1cccs1)NNC(=O)CN1CCCCCC1=O. The first kappa shape index (κ1) is 16.2. The first-order chi connectivity index (χ1) is 10.6. The second-order valence-electron chi connectivity index (χ2n) is 5.01. The summed E-state index contributed by atoms with van der Waals surface area (Å²) in [6.45, 7) is 0.576. The molecule has 1 aromatic rings. The highest BCUT2D eigenvalue weighted by Gasteiger charge is 2.19. The van der Waals surface area contributed by atoms with E-state index in [1.54, 1.807) is 6.08 Å². The summed E-state index contributed by atoms with van der Waals surface area (Å²) < 4.78 is 0. The molecule has 0 aromatic carbocycles. The van der Waals surface area contributed by atoms with E-state index in [1.807, 2.05) is 17.5 Å². The number of hydrogen-bond acceptors (Lipinski definition) is 4. The van der Waals surface area contributed by atoms with E-state index in [0.717, 1.165) is 24.1 Å². The minimum absolute atomic E-state index is 0.00318. The van der Waals surface area contributed by atoms with Crippen LogP contribution in [0.3, 0.4) is 0 Å². The number of nitrogens with zero attached hydrogens (tertiary/aromatic N) is 1. The molecule has 0 aliphatic carbocycles. The molecular formula is C15H19N3O3S. The van der Waals surface area contributed by atoms with Gasteiger partial charge in [0.05, 0.1) is 0 Å². The molecule has 0 radical (unpaired) electrons. The molecule has 3 amide bonds. The molecule has 1 aromatic heterocycles. The fourth-order valence-electron chi connectivity index (χ4n) is 2.14. The maximum atomic E-state index is 11.8. The summed E-state index contributed by atoms with van der Waals surface area (Å²) in [7, 11) is 0. The van der Waals surface area contributed by atoms with Crippen LogP contribution >= 0.6 is 11.3 Å². The molecule has 1 aliphatic heterocycles. The van der Waals surface area contributed by atoms with Gasteiger partial charge in [-0.25, -0.2) is 0 Å². The predicted molar refractivity (Wildman–Crippen MR) is 84.7 cm³/mol. The Hall–Kier alpha value is -2.15. The monoisotopic (exact) mass is 321 g/mol. The third kappa shape index (κ3) is 5.33. The highest BCUT2D eigenvalue weighted by atomic mass is 32.1. The minimum atomic E-state index is -0.413. The van der Waals surface area contributed by atoms with Gasteiger partial charge >= 0.3 is 0 Å². The van der Waals surface area contributed by atoms with Crippen molar-refractivity contribution in [2.75, 3.05) is 13.1 Å².